The molecule has 1 atom stereocenters. The Morgan fingerprint density at radius 1 is 0.980 bits per heavy atom. The highest BCUT2D eigenvalue weighted by atomic mass is 16.9. The highest BCUT2D eigenvalue weighted by Gasteiger charge is 2.44. The first-order valence-electron chi connectivity index (χ1n) is 15.3. The second-order valence-electron chi connectivity index (χ2n) is 10.6. The van der Waals surface area contributed by atoms with Crippen LogP contribution in [0, 0.1) is 0 Å². The number of rotatable bonds is 11. The highest BCUT2D eigenvalue weighted by Crippen LogP contribution is 2.46. The number of esters is 1. The van der Waals surface area contributed by atoms with Gasteiger partial charge in [0.05, 0.1) is 30.6 Å². The maximum Gasteiger partial charge on any atom is 0.528 e. The van der Waals surface area contributed by atoms with Crippen LogP contribution in [0.15, 0.2) is 85.1 Å². The molecule has 13 nitrogen and oxygen atoms in total. The molecule has 2 aliphatic heterocycles. The Morgan fingerprint density at radius 3 is 2.27 bits per heavy atom. The monoisotopic (exact) mass is 674 g/mol. The van der Waals surface area contributed by atoms with Gasteiger partial charge in [-0.25, -0.2) is 24.2 Å². The standard InChI is InChI=1S/C25H26N2O2.C11H12O9/c1-6-19-16(4)27-15-18-13-17-11-9-10-12-21(17)26-24(18)22(27)14-20(19)25(8-3,29-5)23(28)7-2;1-3-4-5-6-7(12)8(13)18-10(15)20-11(16)19-9(14)17-2/h7,9-14H,2,4,6,8,15H2,1,3,5H3;3H,1,4-6H2,2H3. The lowest BCUT2D eigenvalue weighted by molar-refractivity contribution is -0.150. The molecule has 4 rings (SSSR count). The summed E-state index contributed by atoms with van der Waals surface area (Å²) >= 11 is 0. The average molecular weight is 675 g/mol. The highest BCUT2D eigenvalue weighted by molar-refractivity contribution is 6.35. The number of aromatic nitrogens is 1. The van der Waals surface area contributed by atoms with Crippen LogP contribution >= 0.6 is 0 Å². The molecule has 3 heterocycles. The van der Waals surface area contributed by atoms with Gasteiger partial charge >= 0.3 is 24.4 Å². The van der Waals surface area contributed by atoms with Crippen molar-refractivity contribution < 1.29 is 52.5 Å². The molecule has 2 aromatic rings. The number of methoxy groups -OCH3 is 2. The van der Waals surface area contributed by atoms with E-state index in [1.807, 2.05) is 25.1 Å². The van der Waals surface area contributed by atoms with Crippen molar-refractivity contribution in [1.29, 1.82) is 0 Å². The molecule has 258 valence electrons. The number of allylic oxidation sites excluding steroid dienone is 2. The van der Waals surface area contributed by atoms with E-state index in [2.05, 4.69) is 68.7 Å². The number of fused-ring (bicyclic) bond motifs is 4. The number of ketones is 2. The average Bonchev–Trinajstić information content (AvgIpc) is 3.45. The molecule has 0 fully saturated rings. The molecular weight excluding hydrogens is 636 g/mol. The fraction of sp³-hybridized carbons (Fsp3) is 0.306. The van der Waals surface area contributed by atoms with Crippen molar-refractivity contribution in [2.45, 2.75) is 58.1 Å². The smallest absolute Gasteiger partial charge is 0.437 e. The predicted molar refractivity (Wildman–Crippen MR) is 177 cm³/mol. The topological polar surface area (TPSA) is 165 Å². The summed E-state index contributed by atoms with van der Waals surface area (Å²) in [5, 5.41) is 1.13. The molecule has 0 N–H and O–H groups in total. The second kappa shape index (κ2) is 16.9. The molecule has 0 spiro atoms. The van der Waals surface area contributed by atoms with E-state index in [0.29, 0.717) is 19.3 Å². The summed E-state index contributed by atoms with van der Waals surface area (Å²) in [6, 6.07) is 10.3. The van der Waals surface area contributed by atoms with Crippen LogP contribution in [0.5, 0.6) is 0 Å². The van der Waals surface area contributed by atoms with Crippen LogP contribution in [0.2, 0.25) is 0 Å². The van der Waals surface area contributed by atoms with Crippen LogP contribution in [-0.2, 0) is 44.6 Å². The van der Waals surface area contributed by atoms with Crippen LogP contribution in [0.3, 0.4) is 0 Å². The number of Topliss-reactive ketones (excluding diaryl/α,β-unsaturated/α-hetero) is 1. The summed E-state index contributed by atoms with van der Waals surface area (Å²) in [5.74, 6) is -2.58. The number of carbonyl (C=O) groups excluding carboxylic acids is 6. The van der Waals surface area contributed by atoms with Crippen molar-refractivity contribution in [2.75, 3.05) is 14.2 Å². The number of pyridine rings is 1. The first-order valence-corrected chi connectivity index (χ1v) is 15.3. The van der Waals surface area contributed by atoms with Crippen molar-refractivity contribution in [3.8, 4) is 0 Å². The Morgan fingerprint density at radius 2 is 1.65 bits per heavy atom. The van der Waals surface area contributed by atoms with E-state index in [9.17, 15) is 28.8 Å². The van der Waals surface area contributed by atoms with Gasteiger partial charge in [0.25, 0.3) is 0 Å². The normalized spacial score (nSPS) is 14.2. The molecule has 0 radical (unpaired) electrons. The molecular formula is C36H38N2O11. The molecule has 49 heavy (non-hydrogen) atoms. The number of hydrogen-bond acceptors (Lipinski definition) is 13. The van der Waals surface area contributed by atoms with Crippen LogP contribution in [0.1, 0.15) is 57.2 Å². The van der Waals surface area contributed by atoms with Gasteiger partial charge in [0.2, 0.25) is 5.78 Å². The lowest BCUT2D eigenvalue weighted by Gasteiger charge is -2.38. The third-order valence-corrected chi connectivity index (χ3v) is 7.88. The first-order chi connectivity index (χ1) is 23.4. The van der Waals surface area contributed by atoms with Crippen LogP contribution in [-0.4, -0.2) is 65.7 Å². The fourth-order valence-corrected chi connectivity index (χ4v) is 5.45. The zero-order chi connectivity index (χ0) is 36.3. The Balaban J connectivity index is 0.000000288. The summed E-state index contributed by atoms with van der Waals surface area (Å²) in [6.45, 7) is 16.3. The van der Waals surface area contributed by atoms with Gasteiger partial charge in [-0.2, -0.15) is 0 Å². The maximum atomic E-state index is 12.9. The van der Waals surface area contributed by atoms with E-state index in [0.717, 1.165) is 59.2 Å². The Hall–Kier alpha value is -5.69. The van der Waals surface area contributed by atoms with Gasteiger partial charge in [-0.3, -0.25) is 9.59 Å². The Labute approximate surface area is 283 Å². The minimum absolute atomic E-state index is 0.133. The zero-order valence-electron chi connectivity index (χ0n) is 27.9. The summed E-state index contributed by atoms with van der Waals surface area (Å²) in [5.41, 5.74) is 5.82. The van der Waals surface area contributed by atoms with E-state index >= 15 is 0 Å². The number of nitrogens with zero attached hydrogens (tertiary/aromatic N) is 2. The number of carbonyl (C=O) groups is 6. The Kier molecular flexibility index (Phi) is 13.0. The number of benzene rings is 1. The quantitative estimate of drug-likeness (QED) is 0.0620. The maximum absolute atomic E-state index is 12.9. The van der Waals surface area contributed by atoms with E-state index in [1.54, 1.807) is 13.2 Å². The molecule has 2 aliphatic rings. The molecule has 1 aromatic carbocycles. The fourth-order valence-electron chi connectivity index (χ4n) is 5.45. The summed E-state index contributed by atoms with van der Waals surface area (Å²) in [4.78, 5) is 74.3. The van der Waals surface area contributed by atoms with Gasteiger partial charge in [-0.1, -0.05) is 51.3 Å². The van der Waals surface area contributed by atoms with Crippen molar-refractivity contribution in [1.82, 2.24) is 9.88 Å². The molecule has 1 aromatic heterocycles. The largest absolute Gasteiger partial charge is 0.528 e. The van der Waals surface area contributed by atoms with Crippen LogP contribution in [0.25, 0.3) is 16.6 Å². The molecule has 0 saturated carbocycles. The number of unbranched alkanes of at least 4 members (excludes halogenated alkanes) is 1. The molecule has 0 amide bonds. The predicted octanol–water partition coefficient (Wildman–Crippen LogP) is 6.67. The van der Waals surface area contributed by atoms with Gasteiger partial charge < -0.3 is 28.6 Å². The molecule has 0 saturated heterocycles. The van der Waals surface area contributed by atoms with Crippen molar-refractivity contribution >= 4 is 52.6 Å². The third-order valence-electron chi connectivity index (χ3n) is 7.88. The minimum atomic E-state index is -1.79. The van der Waals surface area contributed by atoms with Crippen molar-refractivity contribution in [2.24, 2.45) is 0 Å². The lowest BCUT2D eigenvalue weighted by Crippen LogP contribution is -2.43. The van der Waals surface area contributed by atoms with Gasteiger partial charge in [0, 0.05) is 30.2 Å². The van der Waals surface area contributed by atoms with Crippen LogP contribution in [0.4, 0.5) is 14.4 Å². The van der Waals surface area contributed by atoms with E-state index < -0.39 is 35.8 Å². The summed E-state index contributed by atoms with van der Waals surface area (Å²) in [6.07, 6.45) is 2.01. The molecule has 0 bridgehead atoms. The van der Waals surface area contributed by atoms with Crippen molar-refractivity contribution in [3.63, 3.8) is 0 Å². The molecule has 1 unspecified atom stereocenters. The minimum Gasteiger partial charge on any atom is -0.437 e. The second-order valence-corrected chi connectivity index (χ2v) is 10.6. The SMILES string of the molecule is C=CC(=O)C(CC)(OC)C1=C(CC)C(=C)N2Cc3cc4ccccc4nc3C2=C1.C=CCCCC(=O)C(=O)OC(=O)OC(=O)OC(=O)OC. The van der Waals surface area contributed by atoms with E-state index in [4.69, 9.17) is 9.72 Å². The van der Waals surface area contributed by atoms with Crippen molar-refractivity contribution in [3.05, 3.63) is 96.4 Å². The van der Waals surface area contributed by atoms with Gasteiger partial charge in [0.1, 0.15) is 0 Å². The van der Waals surface area contributed by atoms with Gasteiger partial charge in [-0.05, 0) is 61.1 Å². The lowest BCUT2D eigenvalue weighted by atomic mass is 9.79. The zero-order valence-corrected chi connectivity index (χ0v) is 27.9. The van der Waals surface area contributed by atoms with Gasteiger partial charge in [-0.15, -0.1) is 6.58 Å². The summed E-state index contributed by atoms with van der Waals surface area (Å²) < 4.78 is 21.2. The van der Waals surface area contributed by atoms with E-state index in [1.165, 1.54) is 11.6 Å². The Bertz CT molecular complexity index is 1760. The van der Waals surface area contributed by atoms with Crippen LogP contribution < -0.4 is 0 Å². The summed E-state index contributed by atoms with van der Waals surface area (Å²) in [7, 11) is 2.51. The molecule has 13 heteroatoms. The first kappa shape index (κ1) is 37.8. The third kappa shape index (κ3) is 8.43. The number of hydrogen-bond donors (Lipinski definition) is 0. The molecule has 0 aliphatic carbocycles. The number of para-hydroxylation sites is 1. The number of ether oxygens (including phenoxy) is 5. The van der Waals surface area contributed by atoms with E-state index in [-0.39, 0.29) is 12.2 Å². The van der Waals surface area contributed by atoms with Gasteiger partial charge in [0.15, 0.2) is 11.4 Å².